The van der Waals surface area contributed by atoms with Crippen LogP contribution in [-0.2, 0) is 10.0 Å². The third kappa shape index (κ3) is 3.93. The smallest absolute Gasteiger partial charge is 0.243 e. The van der Waals surface area contributed by atoms with Crippen LogP contribution in [0.5, 0.6) is 0 Å². The zero-order valence-electron chi connectivity index (χ0n) is 19.4. The van der Waals surface area contributed by atoms with Gasteiger partial charge in [0.05, 0.1) is 17.1 Å². The van der Waals surface area contributed by atoms with Crippen LogP contribution in [0.15, 0.2) is 90.6 Å². The fourth-order valence-corrected chi connectivity index (χ4v) is 7.41. The number of fused-ring (bicyclic) bond motifs is 5. The van der Waals surface area contributed by atoms with Crippen molar-refractivity contribution in [1.82, 2.24) is 19.6 Å². The molecule has 3 aliphatic heterocycles. The van der Waals surface area contributed by atoms with E-state index < -0.39 is 16.1 Å². The van der Waals surface area contributed by atoms with Crippen LogP contribution in [0, 0.1) is 11.8 Å². The summed E-state index contributed by atoms with van der Waals surface area (Å²) in [5.74, 6) is 0.968. The van der Waals surface area contributed by atoms with Gasteiger partial charge in [0.15, 0.2) is 0 Å². The van der Waals surface area contributed by atoms with Gasteiger partial charge < -0.3 is 0 Å². The van der Waals surface area contributed by atoms with Gasteiger partial charge in [-0.3, -0.25) is 14.9 Å². The minimum absolute atomic E-state index is 0.0495. The number of rotatable bonds is 6. The molecule has 4 unspecified atom stereocenters. The molecule has 3 aliphatic rings. The van der Waals surface area contributed by atoms with Crippen molar-refractivity contribution in [2.75, 3.05) is 13.1 Å². The molecule has 0 radical (unpaired) electrons. The molecule has 0 aliphatic carbocycles. The Labute approximate surface area is 205 Å². The van der Waals surface area contributed by atoms with Gasteiger partial charge in [0.2, 0.25) is 10.0 Å². The quantitative estimate of drug-likeness (QED) is 0.402. The molecule has 7 heteroatoms. The number of benzene rings is 2. The molecule has 5 atom stereocenters. The molecule has 7 rings (SSSR count). The average molecular weight is 485 g/mol. The maximum absolute atomic E-state index is 13.9. The van der Waals surface area contributed by atoms with Crippen molar-refractivity contribution in [1.29, 1.82) is 0 Å². The SMILES string of the molecule is C=C[C@H]1CN2CCC1CC2C(NS(=O)(=O)c1cccc2cccnc12)c1ccnc2ccccc12. The largest absolute Gasteiger partial charge is 0.298 e. The second kappa shape index (κ2) is 8.82. The molecule has 0 amide bonds. The van der Waals surface area contributed by atoms with E-state index in [2.05, 4.69) is 32.2 Å². The molecular weight excluding hydrogens is 456 g/mol. The van der Waals surface area contributed by atoms with Crippen LogP contribution in [-0.4, -0.2) is 42.4 Å². The lowest BCUT2D eigenvalue weighted by Gasteiger charge is -2.51. The maximum Gasteiger partial charge on any atom is 0.243 e. The second-order valence-electron chi connectivity index (χ2n) is 9.59. The molecule has 0 spiro atoms. The van der Waals surface area contributed by atoms with Crippen molar-refractivity contribution in [2.24, 2.45) is 11.8 Å². The van der Waals surface area contributed by atoms with Crippen LogP contribution in [0.3, 0.4) is 0 Å². The monoisotopic (exact) mass is 484 g/mol. The molecule has 2 bridgehead atoms. The van der Waals surface area contributed by atoms with E-state index in [1.54, 1.807) is 24.5 Å². The minimum Gasteiger partial charge on any atom is -0.298 e. The van der Waals surface area contributed by atoms with Crippen LogP contribution in [0.2, 0.25) is 0 Å². The van der Waals surface area contributed by atoms with Gasteiger partial charge in [-0.05, 0) is 61.1 Å². The van der Waals surface area contributed by atoms with Crippen LogP contribution < -0.4 is 4.72 Å². The summed E-state index contributed by atoms with van der Waals surface area (Å²) in [7, 11) is -3.87. The van der Waals surface area contributed by atoms with Gasteiger partial charge in [-0.1, -0.05) is 42.5 Å². The van der Waals surface area contributed by atoms with E-state index in [9.17, 15) is 8.42 Å². The standard InChI is InChI=1S/C28H28N4O2S/c1-2-19-18-32-16-13-21(19)17-25(32)28(23-12-15-29-24-10-4-3-9-22(23)24)31-35(33,34)26-11-5-7-20-8-6-14-30-27(20)26/h2-12,14-15,19,21,25,28,31H,1,13,16-18H2/t19-,21?,25?,28?/m0/s1. The van der Waals surface area contributed by atoms with Crippen molar-refractivity contribution in [3.8, 4) is 0 Å². The zero-order valence-corrected chi connectivity index (χ0v) is 20.2. The van der Waals surface area contributed by atoms with Crippen molar-refractivity contribution in [3.05, 3.63) is 91.3 Å². The summed E-state index contributed by atoms with van der Waals surface area (Å²) in [6.07, 6.45) is 7.53. The third-order valence-corrected chi connectivity index (χ3v) is 9.20. The summed E-state index contributed by atoms with van der Waals surface area (Å²) < 4.78 is 31.0. The van der Waals surface area contributed by atoms with Crippen molar-refractivity contribution in [3.63, 3.8) is 0 Å². The normalized spacial score (nSPS) is 25.0. The summed E-state index contributed by atoms with van der Waals surface area (Å²) in [5.41, 5.74) is 2.30. The number of sulfonamides is 1. The van der Waals surface area contributed by atoms with Crippen LogP contribution in [0.4, 0.5) is 0 Å². The molecule has 2 aromatic heterocycles. The van der Waals surface area contributed by atoms with E-state index in [0.717, 1.165) is 47.8 Å². The van der Waals surface area contributed by atoms with E-state index in [1.165, 1.54) is 0 Å². The Morgan fingerprint density at radius 3 is 2.71 bits per heavy atom. The number of aromatic nitrogens is 2. The Morgan fingerprint density at radius 1 is 1.03 bits per heavy atom. The van der Waals surface area contributed by atoms with Crippen molar-refractivity contribution >= 4 is 31.8 Å². The zero-order chi connectivity index (χ0) is 24.0. The van der Waals surface area contributed by atoms with Crippen LogP contribution in [0.25, 0.3) is 21.8 Å². The fraction of sp³-hybridized carbons (Fsp3) is 0.286. The maximum atomic E-state index is 13.9. The summed E-state index contributed by atoms with van der Waals surface area (Å²) in [6, 6.07) is 18.5. The molecular formula is C28H28N4O2S. The highest BCUT2D eigenvalue weighted by Crippen LogP contribution is 2.42. The van der Waals surface area contributed by atoms with Gasteiger partial charge >= 0.3 is 0 Å². The number of nitrogens with zero attached hydrogens (tertiary/aromatic N) is 3. The average Bonchev–Trinajstić information content (AvgIpc) is 2.91. The first-order valence-electron chi connectivity index (χ1n) is 12.1. The van der Waals surface area contributed by atoms with Crippen molar-refractivity contribution in [2.45, 2.75) is 29.8 Å². The Balaban J connectivity index is 1.47. The lowest BCUT2D eigenvalue weighted by atomic mass is 9.73. The molecule has 2 aromatic carbocycles. The first-order valence-corrected chi connectivity index (χ1v) is 13.6. The molecule has 6 nitrogen and oxygen atoms in total. The Morgan fingerprint density at radius 2 is 1.89 bits per heavy atom. The van der Waals surface area contributed by atoms with Gasteiger partial charge in [0.1, 0.15) is 4.90 Å². The predicted molar refractivity (Wildman–Crippen MR) is 138 cm³/mol. The molecule has 178 valence electrons. The highest BCUT2D eigenvalue weighted by atomic mass is 32.2. The van der Waals surface area contributed by atoms with Gasteiger partial charge in [-0.25, -0.2) is 13.1 Å². The molecule has 5 heterocycles. The molecule has 3 fully saturated rings. The highest BCUT2D eigenvalue weighted by molar-refractivity contribution is 7.89. The van der Waals surface area contributed by atoms with E-state index in [1.807, 2.05) is 48.5 Å². The van der Waals surface area contributed by atoms with Crippen molar-refractivity contribution < 1.29 is 8.42 Å². The molecule has 35 heavy (non-hydrogen) atoms. The second-order valence-corrected chi connectivity index (χ2v) is 11.3. The number of hydrogen-bond donors (Lipinski definition) is 1. The topological polar surface area (TPSA) is 75.2 Å². The first-order chi connectivity index (χ1) is 17.0. The Bertz CT molecular complexity index is 1510. The van der Waals surface area contributed by atoms with Gasteiger partial charge in [-0.2, -0.15) is 0 Å². The molecule has 3 saturated heterocycles. The minimum atomic E-state index is -3.87. The van der Waals surface area contributed by atoms with Gasteiger partial charge in [0.25, 0.3) is 0 Å². The third-order valence-electron chi connectivity index (χ3n) is 7.72. The Hall–Kier alpha value is -3.13. The summed E-state index contributed by atoms with van der Waals surface area (Å²) in [4.78, 5) is 11.6. The summed E-state index contributed by atoms with van der Waals surface area (Å²) >= 11 is 0. The van der Waals surface area contributed by atoms with E-state index in [4.69, 9.17) is 0 Å². The van der Waals surface area contributed by atoms with E-state index in [-0.39, 0.29) is 10.9 Å². The number of piperidine rings is 3. The molecule has 4 aromatic rings. The Kier molecular flexibility index (Phi) is 5.63. The summed E-state index contributed by atoms with van der Waals surface area (Å²) in [6.45, 7) is 5.93. The lowest BCUT2D eigenvalue weighted by Crippen LogP contribution is -2.57. The number of nitrogens with one attached hydrogen (secondary N) is 1. The van der Waals surface area contributed by atoms with Gasteiger partial charge in [0, 0.05) is 35.8 Å². The fourth-order valence-electron chi connectivity index (χ4n) is 5.99. The lowest BCUT2D eigenvalue weighted by molar-refractivity contribution is 0.00490. The van der Waals surface area contributed by atoms with Gasteiger partial charge in [-0.15, -0.1) is 6.58 Å². The first kappa shape index (κ1) is 22.3. The van der Waals surface area contributed by atoms with Crippen LogP contribution >= 0.6 is 0 Å². The van der Waals surface area contributed by atoms with E-state index >= 15 is 0 Å². The highest BCUT2D eigenvalue weighted by Gasteiger charge is 2.44. The predicted octanol–water partition coefficient (Wildman–Crippen LogP) is 4.70. The number of pyridine rings is 2. The summed E-state index contributed by atoms with van der Waals surface area (Å²) in [5, 5.41) is 1.78. The molecule has 0 saturated carbocycles. The molecule has 1 N–H and O–H groups in total. The number of para-hydroxylation sites is 2. The number of hydrogen-bond acceptors (Lipinski definition) is 5. The van der Waals surface area contributed by atoms with Crippen LogP contribution in [0.1, 0.15) is 24.4 Å². The van der Waals surface area contributed by atoms with E-state index in [0.29, 0.717) is 17.4 Å².